The number of hydrogen-bond donors (Lipinski definition) is 1. The van der Waals surface area contributed by atoms with Crippen molar-refractivity contribution in [2.45, 2.75) is 57.7 Å². The molecule has 1 N–H and O–H groups in total. The van der Waals surface area contributed by atoms with Crippen LogP contribution in [0.3, 0.4) is 0 Å². The van der Waals surface area contributed by atoms with Crippen LogP contribution in [0.25, 0.3) is 0 Å². The van der Waals surface area contributed by atoms with Crippen LogP contribution < -0.4 is 0 Å². The van der Waals surface area contributed by atoms with Crippen molar-refractivity contribution in [3.8, 4) is 0 Å². The van der Waals surface area contributed by atoms with E-state index in [0.717, 1.165) is 5.56 Å². The lowest BCUT2D eigenvalue weighted by Crippen LogP contribution is -2.48. The first kappa shape index (κ1) is 17.7. The van der Waals surface area contributed by atoms with Crippen LogP contribution in [0.15, 0.2) is 24.3 Å². The minimum Gasteiger partial charge on any atom is -0.444 e. The molecule has 1 saturated heterocycles. The molecule has 2 rings (SSSR count). The fraction of sp³-hybridized carbons (Fsp3) is 0.611. The van der Waals surface area contributed by atoms with Gasteiger partial charge in [-0.25, -0.2) is 9.18 Å². The highest BCUT2D eigenvalue weighted by Gasteiger charge is 2.35. The van der Waals surface area contributed by atoms with Crippen LogP contribution in [0.4, 0.5) is 9.18 Å². The highest BCUT2D eigenvalue weighted by Crippen LogP contribution is 2.28. The summed E-state index contributed by atoms with van der Waals surface area (Å²) in [6.07, 6.45) is 1.90. The van der Waals surface area contributed by atoms with E-state index in [1.54, 1.807) is 11.0 Å². The Labute approximate surface area is 137 Å². The first-order chi connectivity index (χ1) is 10.7. The first-order valence-electron chi connectivity index (χ1n) is 8.12. The van der Waals surface area contributed by atoms with Crippen LogP contribution in [0.5, 0.6) is 0 Å². The molecule has 0 aliphatic carbocycles. The van der Waals surface area contributed by atoms with Gasteiger partial charge in [-0.05, 0) is 64.2 Å². The minimum absolute atomic E-state index is 0.255. The summed E-state index contributed by atoms with van der Waals surface area (Å²) in [6.45, 7) is 6.47. The summed E-state index contributed by atoms with van der Waals surface area (Å²) in [6, 6.07) is 6.46. The van der Waals surface area contributed by atoms with Gasteiger partial charge in [0.25, 0.3) is 0 Å². The molecule has 0 aromatic heterocycles. The van der Waals surface area contributed by atoms with Gasteiger partial charge in [0.15, 0.2) is 0 Å². The van der Waals surface area contributed by atoms with Gasteiger partial charge >= 0.3 is 6.09 Å². The topological polar surface area (TPSA) is 49.8 Å². The third-order valence-electron chi connectivity index (χ3n) is 4.11. The van der Waals surface area contributed by atoms with Gasteiger partial charge in [0, 0.05) is 13.1 Å². The van der Waals surface area contributed by atoms with Crippen LogP contribution in [0.2, 0.25) is 0 Å². The van der Waals surface area contributed by atoms with Gasteiger partial charge in [-0.2, -0.15) is 0 Å². The summed E-state index contributed by atoms with van der Waals surface area (Å²) < 4.78 is 18.5. The highest BCUT2D eigenvalue weighted by molar-refractivity contribution is 5.68. The fourth-order valence-corrected chi connectivity index (χ4v) is 2.75. The van der Waals surface area contributed by atoms with E-state index in [4.69, 9.17) is 4.74 Å². The number of likely N-dealkylation sites (tertiary alicyclic amines) is 1. The maximum absolute atomic E-state index is 13.2. The Balaban J connectivity index is 1.83. The summed E-state index contributed by atoms with van der Waals surface area (Å²) in [5.41, 5.74) is -0.430. The molecule has 0 unspecified atom stereocenters. The average molecular weight is 323 g/mol. The molecule has 1 amide bonds. The second kappa shape index (κ2) is 6.87. The van der Waals surface area contributed by atoms with Gasteiger partial charge in [-0.1, -0.05) is 12.1 Å². The Morgan fingerprint density at radius 3 is 2.57 bits per heavy atom. The number of piperidine rings is 1. The lowest BCUT2D eigenvalue weighted by Gasteiger charge is -2.38. The normalized spacial score (nSPS) is 17.9. The van der Waals surface area contributed by atoms with Crippen LogP contribution in [0, 0.1) is 5.82 Å². The zero-order valence-corrected chi connectivity index (χ0v) is 14.1. The standard InChI is InChI=1S/C18H26FNO3/c1-17(2,3)23-16(21)20-11-9-18(22,10-12-20)8-7-14-5-4-6-15(19)13-14/h4-6,13,22H,7-12H2,1-3H3. The van der Waals surface area contributed by atoms with Crippen LogP contribution >= 0.6 is 0 Å². The maximum atomic E-state index is 13.2. The number of aryl methyl sites for hydroxylation is 1. The van der Waals surface area contributed by atoms with Gasteiger partial charge in [0.05, 0.1) is 5.60 Å². The molecule has 0 spiro atoms. The molecule has 128 valence electrons. The van der Waals surface area contributed by atoms with E-state index >= 15 is 0 Å². The van der Waals surface area contributed by atoms with Gasteiger partial charge in [-0.3, -0.25) is 0 Å². The lowest BCUT2D eigenvalue weighted by molar-refractivity contribution is -0.0363. The molecule has 1 aromatic rings. The average Bonchev–Trinajstić information content (AvgIpc) is 2.44. The molecule has 0 saturated carbocycles. The predicted molar refractivity (Wildman–Crippen MR) is 86.7 cm³/mol. The highest BCUT2D eigenvalue weighted by atomic mass is 19.1. The van der Waals surface area contributed by atoms with Crippen LogP contribution in [-0.4, -0.2) is 40.4 Å². The molecule has 1 heterocycles. The zero-order chi connectivity index (χ0) is 17.1. The van der Waals surface area contributed by atoms with Gasteiger partial charge < -0.3 is 14.7 Å². The van der Waals surface area contributed by atoms with Gasteiger partial charge in [-0.15, -0.1) is 0 Å². The van der Waals surface area contributed by atoms with E-state index in [1.165, 1.54) is 12.1 Å². The first-order valence-corrected chi connectivity index (χ1v) is 8.12. The maximum Gasteiger partial charge on any atom is 0.410 e. The lowest BCUT2D eigenvalue weighted by atomic mass is 9.86. The minimum atomic E-state index is -0.801. The van der Waals surface area contributed by atoms with E-state index in [0.29, 0.717) is 38.8 Å². The summed E-state index contributed by atoms with van der Waals surface area (Å²) in [5.74, 6) is -0.255. The number of benzene rings is 1. The molecule has 4 nitrogen and oxygen atoms in total. The largest absolute Gasteiger partial charge is 0.444 e. The summed E-state index contributed by atoms with van der Waals surface area (Å²) in [4.78, 5) is 13.7. The Bertz CT molecular complexity index is 545. The molecule has 1 aliphatic heterocycles. The number of amides is 1. The monoisotopic (exact) mass is 323 g/mol. The molecule has 0 bridgehead atoms. The summed E-state index contributed by atoms with van der Waals surface area (Å²) in [5, 5.41) is 10.7. The molecular formula is C18H26FNO3. The quantitative estimate of drug-likeness (QED) is 0.926. The number of carbonyl (C=O) groups excluding carboxylic acids is 1. The second-order valence-corrected chi connectivity index (χ2v) is 7.32. The smallest absolute Gasteiger partial charge is 0.410 e. The van der Waals surface area contributed by atoms with Gasteiger partial charge in [0.1, 0.15) is 11.4 Å². The third-order valence-corrected chi connectivity index (χ3v) is 4.11. The number of halogens is 1. The molecule has 1 aliphatic rings. The van der Waals surface area contributed by atoms with E-state index in [1.807, 2.05) is 26.8 Å². The number of nitrogens with zero attached hydrogens (tertiary/aromatic N) is 1. The number of hydrogen-bond acceptors (Lipinski definition) is 3. The van der Waals surface area contributed by atoms with Crippen molar-refractivity contribution < 1.29 is 19.0 Å². The van der Waals surface area contributed by atoms with Crippen molar-refractivity contribution >= 4 is 6.09 Å². The van der Waals surface area contributed by atoms with Crippen molar-refractivity contribution in [1.82, 2.24) is 4.90 Å². The number of carbonyl (C=O) groups is 1. The van der Waals surface area contributed by atoms with E-state index in [-0.39, 0.29) is 11.9 Å². The van der Waals surface area contributed by atoms with E-state index < -0.39 is 11.2 Å². The molecule has 1 aromatic carbocycles. The molecular weight excluding hydrogens is 297 g/mol. The summed E-state index contributed by atoms with van der Waals surface area (Å²) in [7, 11) is 0. The second-order valence-electron chi connectivity index (χ2n) is 7.32. The van der Waals surface area contributed by atoms with Gasteiger partial charge in [0.2, 0.25) is 0 Å². The molecule has 5 heteroatoms. The molecule has 0 atom stereocenters. The number of aliphatic hydroxyl groups is 1. The van der Waals surface area contributed by atoms with Crippen molar-refractivity contribution in [1.29, 1.82) is 0 Å². The SMILES string of the molecule is CC(C)(C)OC(=O)N1CCC(O)(CCc2cccc(F)c2)CC1. The van der Waals surface area contributed by atoms with Crippen molar-refractivity contribution in [2.75, 3.05) is 13.1 Å². The van der Waals surface area contributed by atoms with E-state index in [2.05, 4.69) is 0 Å². The molecule has 23 heavy (non-hydrogen) atoms. The Kier molecular flexibility index (Phi) is 5.30. The Hall–Kier alpha value is -1.62. The Morgan fingerprint density at radius 1 is 1.35 bits per heavy atom. The molecule has 0 radical (unpaired) electrons. The van der Waals surface area contributed by atoms with Crippen molar-refractivity contribution in [3.05, 3.63) is 35.6 Å². The van der Waals surface area contributed by atoms with Crippen LogP contribution in [-0.2, 0) is 11.2 Å². The Morgan fingerprint density at radius 2 is 2.00 bits per heavy atom. The summed E-state index contributed by atoms with van der Waals surface area (Å²) >= 11 is 0. The van der Waals surface area contributed by atoms with Crippen molar-refractivity contribution in [3.63, 3.8) is 0 Å². The van der Waals surface area contributed by atoms with E-state index in [9.17, 15) is 14.3 Å². The number of ether oxygens (including phenoxy) is 1. The zero-order valence-electron chi connectivity index (χ0n) is 14.1. The fourth-order valence-electron chi connectivity index (χ4n) is 2.75. The van der Waals surface area contributed by atoms with Crippen LogP contribution in [0.1, 0.15) is 45.6 Å². The van der Waals surface area contributed by atoms with Crippen molar-refractivity contribution in [2.24, 2.45) is 0 Å². The molecule has 1 fully saturated rings. The predicted octanol–water partition coefficient (Wildman–Crippen LogP) is 3.52. The third kappa shape index (κ3) is 5.50. The number of rotatable bonds is 3.